The first kappa shape index (κ1) is 9.97. The molecule has 1 aromatic rings. The van der Waals surface area contributed by atoms with Gasteiger partial charge in [0, 0.05) is 18.3 Å². The molecule has 14 heavy (non-hydrogen) atoms. The van der Waals surface area contributed by atoms with Crippen molar-refractivity contribution >= 4 is 11.6 Å². The van der Waals surface area contributed by atoms with Crippen molar-refractivity contribution < 1.29 is 0 Å². The molecular formula is C10H16ClN3. The van der Waals surface area contributed by atoms with Crippen LogP contribution in [0.4, 0.5) is 0 Å². The Morgan fingerprint density at radius 2 is 2.21 bits per heavy atom. The molecule has 4 heteroatoms. The number of nitrogens with zero attached hydrogens (tertiary/aromatic N) is 3. The van der Waals surface area contributed by atoms with Crippen LogP contribution in [0.3, 0.4) is 0 Å². The Bertz CT molecular complexity index is 297. The highest BCUT2D eigenvalue weighted by atomic mass is 35.5. The smallest absolute Gasteiger partial charge is 0.0727 e. The summed E-state index contributed by atoms with van der Waals surface area (Å²) in [7, 11) is 1.95. The topological polar surface area (TPSA) is 30.7 Å². The minimum absolute atomic E-state index is 0.331. The van der Waals surface area contributed by atoms with Crippen molar-refractivity contribution in [3.05, 3.63) is 11.9 Å². The van der Waals surface area contributed by atoms with E-state index < -0.39 is 0 Å². The summed E-state index contributed by atoms with van der Waals surface area (Å²) in [6, 6.07) is 0. The first-order valence-corrected chi connectivity index (χ1v) is 5.69. The zero-order valence-corrected chi connectivity index (χ0v) is 9.24. The molecule has 3 nitrogen and oxygen atoms in total. The molecule has 0 saturated heterocycles. The molecule has 1 heterocycles. The Morgan fingerprint density at radius 1 is 1.43 bits per heavy atom. The maximum Gasteiger partial charge on any atom is 0.0727 e. The number of rotatable bonds is 1. The summed E-state index contributed by atoms with van der Waals surface area (Å²) in [4.78, 5) is 0. The van der Waals surface area contributed by atoms with Crippen LogP contribution in [-0.2, 0) is 7.05 Å². The van der Waals surface area contributed by atoms with Gasteiger partial charge in [-0.1, -0.05) is 18.1 Å². The summed E-state index contributed by atoms with van der Waals surface area (Å²) in [6.07, 6.45) is 7.87. The number of aromatic nitrogens is 3. The highest BCUT2D eigenvalue weighted by molar-refractivity contribution is 6.20. The van der Waals surface area contributed by atoms with E-state index in [4.69, 9.17) is 11.6 Å². The van der Waals surface area contributed by atoms with Gasteiger partial charge >= 0.3 is 0 Å². The van der Waals surface area contributed by atoms with Crippen molar-refractivity contribution in [2.24, 2.45) is 7.05 Å². The zero-order chi connectivity index (χ0) is 9.97. The van der Waals surface area contributed by atoms with Crippen molar-refractivity contribution in [3.8, 4) is 0 Å². The molecule has 0 radical (unpaired) electrons. The fraction of sp³-hybridized carbons (Fsp3) is 0.800. The molecule has 0 aliphatic heterocycles. The molecule has 78 valence electrons. The largest absolute Gasteiger partial charge is 0.252 e. The van der Waals surface area contributed by atoms with Crippen LogP contribution in [0.2, 0.25) is 0 Å². The van der Waals surface area contributed by atoms with Crippen LogP contribution in [0.1, 0.15) is 43.7 Å². The van der Waals surface area contributed by atoms with Crippen LogP contribution in [0.15, 0.2) is 6.20 Å². The Kier molecular flexibility index (Phi) is 3.06. The zero-order valence-electron chi connectivity index (χ0n) is 8.49. The van der Waals surface area contributed by atoms with Crippen LogP contribution in [0, 0.1) is 0 Å². The Hall–Kier alpha value is -0.570. The maximum absolute atomic E-state index is 6.23. The van der Waals surface area contributed by atoms with Gasteiger partial charge in [-0.05, 0) is 19.3 Å². The normalized spacial score (nSPS) is 28.7. The molecule has 1 fully saturated rings. The van der Waals surface area contributed by atoms with Gasteiger partial charge in [-0.25, -0.2) is 0 Å². The molecule has 1 aliphatic carbocycles. The van der Waals surface area contributed by atoms with E-state index in [1.165, 1.54) is 25.0 Å². The lowest BCUT2D eigenvalue weighted by molar-refractivity contribution is 0.540. The predicted molar refractivity (Wildman–Crippen MR) is 56.5 cm³/mol. The number of alkyl halides is 1. The fourth-order valence-electron chi connectivity index (χ4n) is 2.24. The minimum Gasteiger partial charge on any atom is -0.252 e. The van der Waals surface area contributed by atoms with E-state index in [-0.39, 0.29) is 0 Å². The van der Waals surface area contributed by atoms with Crippen molar-refractivity contribution in [2.75, 3.05) is 0 Å². The van der Waals surface area contributed by atoms with Crippen LogP contribution in [0.25, 0.3) is 0 Å². The molecule has 0 bridgehead atoms. The van der Waals surface area contributed by atoms with E-state index in [9.17, 15) is 0 Å². The average molecular weight is 214 g/mol. The van der Waals surface area contributed by atoms with Crippen molar-refractivity contribution in [1.29, 1.82) is 0 Å². The lowest BCUT2D eigenvalue weighted by atomic mass is 9.97. The molecule has 0 amide bonds. The molecule has 2 unspecified atom stereocenters. The molecule has 2 atom stereocenters. The first-order chi connectivity index (χ1) is 6.77. The van der Waals surface area contributed by atoms with E-state index in [1.54, 1.807) is 0 Å². The predicted octanol–water partition coefficient (Wildman–Crippen LogP) is 2.47. The average Bonchev–Trinajstić information content (AvgIpc) is 2.45. The summed E-state index contributed by atoms with van der Waals surface area (Å²) in [5, 5.41) is 8.22. The van der Waals surface area contributed by atoms with E-state index in [1.807, 2.05) is 17.9 Å². The van der Waals surface area contributed by atoms with Crippen molar-refractivity contribution in [2.45, 2.75) is 43.4 Å². The molecule has 0 spiro atoms. The van der Waals surface area contributed by atoms with E-state index in [2.05, 4.69) is 10.3 Å². The fourth-order valence-corrected chi connectivity index (χ4v) is 2.61. The van der Waals surface area contributed by atoms with Gasteiger partial charge in [-0.2, -0.15) is 0 Å². The Balaban J connectivity index is 2.13. The van der Waals surface area contributed by atoms with Gasteiger partial charge in [-0.15, -0.1) is 16.7 Å². The third-order valence-corrected chi connectivity index (χ3v) is 3.42. The van der Waals surface area contributed by atoms with Gasteiger partial charge in [0.25, 0.3) is 0 Å². The van der Waals surface area contributed by atoms with E-state index >= 15 is 0 Å². The Labute approximate surface area is 89.4 Å². The molecule has 2 rings (SSSR count). The molecule has 1 aliphatic rings. The van der Waals surface area contributed by atoms with Crippen LogP contribution in [-0.4, -0.2) is 20.4 Å². The maximum atomic E-state index is 6.23. The van der Waals surface area contributed by atoms with Crippen LogP contribution >= 0.6 is 11.6 Å². The third kappa shape index (κ3) is 2.08. The molecule has 0 N–H and O–H groups in total. The number of hydrogen-bond donors (Lipinski definition) is 0. The number of halogens is 1. The summed E-state index contributed by atoms with van der Waals surface area (Å²) < 4.78 is 1.87. The first-order valence-electron chi connectivity index (χ1n) is 5.26. The summed E-state index contributed by atoms with van der Waals surface area (Å²) in [5.74, 6) is 0.556. The minimum atomic E-state index is 0.331. The van der Waals surface area contributed by atoms with Crippen molar-refractivity contribution in [3.63, 3.8) is 0 Å². The lowest BCUT2D eigenvalue weighted by Crippen LogP contribution is -2.08. The van der Waals surface area contributed by atoms with E-state index in [0.717, 1.165) is 12.8 Å². The standard InChI is InChI=1S/C10H16ClN3/c1-14-10(7-12-13-14)8-4-2-3-5-9(11)6-8/h7-9H,2-6H2,1H3. The van der Waals surface area contributed by atoms with Crippen molar-refractivity contribution in [1.82, 2.24) is 15.0 Å². The number of aryl methyl sites for hydroxylation is 1. The number of hydrogen-bond acceptors (Lipinski definition) is 2. The second kappa shape index (κ2) is 4.30. The SMILES string of the molecule is Cn1nncc1C1CCCCC(Cl)C1. The second-order valence-corrected chi connectivity index (χ2v) is 4.71. The van der Waals surface area contributed by atoms with Gasteiger partial charge in [0.05, 0.1) is 11.9 Å². The monoisotopic (exact) mass is 213 g/mol. The highest BCUT2D eigenvalue weighted by Gasteiger charge is 2.22. The van der Waals surface area contributed by atoms with Gasteiger partial charge in [-0.3, -0.25) is 4.68 Å². The van der Waals surface area contributed by atoms with E-state index in [0.29, 0.717) is 11.3 Å². The van der Waals surface area contributed by atoms with Crippen LogP contribution < -0.4 is 0 Å². The lowest BCUT2D eigenvalue weighted by Gasteiger charge is -2.15. The third-order valence-electron chi connectivity index (χ3n) is 3.03. The van der Waals surface area contributed by atoms with Crippen LogP contribution in [0.5, 0.6) is 0 Å². The quantitative estimate of drug-likeness (QED) is 0.530. The van der Waals surface area contributed by atoms with Gasteiger partial charge in [0.1, 0.15) is 0 Å². The van der Waals surface area contributed by atoms with Gasteiger partial charge < -0.3 is 0 Å². The summed E-state index contributed by atoms with van der Waals surface area (Å²) in [6.45, 7) is 0. The molecular weight excluding hydrogens is 198 g/mol. The molecule has 0 aromatic carbocycles. The summed E-state index contributed by atoms with van der Waals surface area (Å²) >= 11 is 6.23. The van der Waals surface area contributed by atoms with Gasteiger partial charge in [0.15, 0.2) is 0 Å². The molecule has 1 aromatic heterocycles. The highest BCUT2D eigenvalue weighted by Crippen LogP contribution is 2.33. The molecule has 1 saturated carbocycles. The Morgan fingerprint density at radius 3 is 2.93 bits per heavy atom. The second-order valence-electron chi connectivity index (χ2n) is 4.10. The van der Waals surface area contributed by atoms with Gasteiger partial charge in [0.2, 0.25) is 0 Å². The summed E-state index contributed by atoms with van der Waals surface area (Å²) in [5.41, 5.74) is 1.23.